The second-order valence-electron chi connectivity index (χ2n) is 8.62. The lowest BCUT2D eigenvalue weighted by Gasteiger charge is -2.44. The van der Waals surface area contributed by atoms with Crippen molar-refractivity contribution in [1.82, 2.24) is 20.1 Å². The predicted octanol–water partition coefficient (Wildman–Crippen LogP) is 4.90. The maximum absolute atomic E-state index is 15.0. The summed E-state index contributed by atoms with van der Waals surface area (Å²) in [6.07, 6.45) is -4.60. The molecule has 1 spiro atoms. The van der Waals surface area contributed by atoms with Gasteiger partial charge in [-0.1, -0.05) is 29.8 Å². The molecule has 0 unspecified atom stereocenters. The minimum Gasteiger partial charge on any atom is -0.436 e. The number of hydrogen-bond donors (Lipinski definition) is 2. The van der Waals surface area contributed by atoms with Gasteiger partial charge in [0.15, 0.2) is 11.4 Å². The van der Waals surface area contributed by atoms with Gasteiger partial charge in [-0.2, -0.15) is 13.2 Å². The zero-order valence-corrected chi connectivity index (χ0v) is 19.2. The van der Waals surface area contributed by atoms with E-state index in [0.29, 0.717) is 12.0 Å². The molecule has 3 heterocycles. The number of H-pyrrole nitrogens is 1. The topological polar surface area (TPSA) is 100 Å². The third kappa shape index (κ3) is 4.36. The van der Waals surface area contributed by atoms with E-state index in [4.69, 9.17) is 16.3 Å². The van der Waals surface area contributed by atoms with Gasteiger partial charge in [0.2, 0.25) is 5.82 Å². The minimum absolute atomic E-state index is 0.00545. The molecule has 1 fully saturated rings. The van der Waals surface area contributed by atoms with Gasteiger partial charge in [-0.15, -0.1) is 10.2 Å². The molecule has 0 radical (unpaired) electrons. The van der Waals surface area contributed by atoms with Crippen molar-refractivity contribution in [3.05, 3.63) is 75.6 Å². The number of piperidine rings is 1. The second-order valence-corrected chi connectivity index (χ2v) is 9.03. The van der Waals surface area contributed by atoms with Crippen LogP contribution in [0, 0.1) is 5.82 Å². The lowest BCUT2D eigenvalue weighted by atomic mass is 9.83. The third-order valence-electron chi connectivity index (χ3n) is 6.18. The van der Waals surface area contributed by atoms with Crippen LogP contribution in [0.15, 0.2) is 36.4 Å². The average molecular weight is 524 g/mol. The van der Waals surface area contributed by atoms with E-state index in [1.807, 2.05) is 0 Å². The first-order chi connectivity index (χ1) is 17.1. The maximum atomic E-state index is 15.0. The van der Waals surface area contributed by atoms with Crippen LogP contribution in [-0.4, -0.2) is 45.2 Å². The van der Waals surface area contributed by atoms with E-state index in [-0.39, 0.29) is 53.9 Å². The maximum Gasteiger partial charge on any atom is 0.416 e. The molecule has 1 saturated heterocycles. The summed E-state index contributed by atoms with van der Waals surface area (Å²) in [5, 5.41) is 10.0. The third-order valence-corrected chi connectivity index (χ3v) is 6.47. The molecule has 2 aliphatic heterocycles. The molecule has 0 aliphatic carbocycles. The number of ether oxygens (including phenoxy) is 1. The number of aromatic amines is 1. The lowest BCUT2D eigenvalue weighted by Crippen LogP contribution is -2.53. The molecule has 1 aromatic heterocycles. The standard InChI is InChI=1S/C23H18ClF4N5O3/c24-14-5-6-15-17(18(14)25)22(36-21(35)29-15)7-2-8-33(11-22)20(34)19-30-16(31-32-19)10-12-3-1-4-13(9-12)23(26,27)28/h1,3-6,9H,2,7-8,10-11H2,(H,29,35)(H,30,31,32)/t22-/m0/s1. The molecule has 3 aromatic rings. The number of benzene rings is 2. The van der Waals surface area contributed by atoms with Crippen molar-refractivity contribution in [1.29, 1.82) is 0 Å². The van der Waals surface area contributed by atoms with Gasteiger partial charge in [-0.3, -0.25) is 10.1 Å². The van der Waals surface area contributed by atoms with Crippen LogP contribution in [0.5, 0.6) is 0 Å². The Hall–Kier alpha value is -3.67. The molecule has 2 amide bonds. The van der Waals surface area contributed by atoms with Crippen LogP contribution in [0.3, 0.4) is 0 Å². The summed E-state index contributed by atoms with van der Waals surface area (Å²) in [4.78, 5) is 29.5. The van der Waals surface area contributed by atoms with Gasteiger partial charge in [-0.05, 0) is 36.6 Å². The first kappa shape index (κ1) is 24.0. The Balaban J connectivity index is 1.37. The molecule has 5 rings (SSSR count). The van der Waals surface area contributed by atoms with E-state index in [9.17, 15) is 22.8 Å². The number of carbonyl (C=O) groups excluding carboxylic acids is 2. The molecule has 2 aromatic carbocycles. The predicted molar refractivity (Wildman–Crippen MR) is 119 cm³/mol. The highest BCUT2D eigenvalue weighted by Gasteiger charge is 2.49. The van der Waals surface area contributed by atoms with Crippen molar-refractivity contribution in [2.24, 2.45) is 0 Å². The molecule has 8 nitrogen and oxygen atoms in total. The highest BCUT2D eigenvalue weighted by atomic mass is 35.5. The van der Waals surface area contributed by atoms with Gasteiger partial charge in [-0.25, -0.2) is 9.18 Å². The Bertz CT molecular complexity index is 1360. The van der Waals surface area contributed by atoms with E-state index in [1.54, 1.807) is 0 Å². The highest BCUT2D eigenvalue weighted by Crippen LogP contribution is 2.45. The fourth-order valence-corrected chi connectivity index (χ4v) is 4.78. The van der Waals surface area contributed by atoms with Crippen molar-refractivity contribution in [3.8, 4) is 0 Å². The molecule has 36 heavy (non-hydrogen) atoms. The Labute approximate surface area is 206 Å². The molecule has 2 aliphatic rings. The van der Waals surface area contributed by atoms with Gasteiger partial charge in [0.05, 0.1) is 28.4 Å². The molecule has 1 atom stereocenters. The van der Waals surface area contributed by atoms with E-state index < -0.39 is 35.2 Å². The van der Waals surface area contributed by atoms with Crippen LogP contribution in [0.4, 0.5) is 28.0 Å². The Morgan fingerprint density at radius 2 is 2.03 bits per heavy atom. The largest absolute Gasteiger partial charge is 0.436 e. The number of nitrogens with one attached hydrogen (secondary N) is 2. The molecular formula is C23H18ClF4N5O3. The number of alkyl halides is 3. The number of rotatable bonds is 3. The number of nitrogens with zero attached hydrogens (tertiary/aromatic N) is 3. The normalized spacial score (nSPS) is 19.6. The number of aromatic nitrogens is 3. The number of likely N-dealkylation sites (tertiary alicyclic amines) is 1. The quantitative estimate of drug-likeness (QED) is 0.476. The summed E-state index contributed by atoms with van der Waals surface area (Å²) in [5.74, 6) is -1.26. The summed E-state index contributed by atoms with van der Waals surface area (Å²) < 4.78 is 59.5. The summed E-state index contributed by atoms with van der Waals surface area (Å²) in [6, 6.07) is 7.56. The average Bonchev–Trinajstić information content (AvgIpc) is 3.29. The number of halogens is 5. The Morgan fingerprint density at radius 1 is 1.22 bits per heavy atom. The van der Waals surface area contributed by atoms with Gasteiger partial charge in [0.1, 0.15) is 5.82 Å². The number of fused-ring (bicyclic) bond motifs is 2. The summed E-state index contributed by atoms with van der Waals surface area (Å²) in [6.45, 7) is 0.139. The highest BCUT2D eigenvalue weighted by molar-refractivity contribution is 6.31. The van der Waals surface area contributed by atoms with Gasteiger partial charge < -0.3 is 14.6 Å². The van der Waals surface area contributed by atoms with Crippen LogP contribution < -0.4 is 5.32 Å². The molecule has 0 bridgehead atoms. The fourth-order valence-electron chi connectivity index (χ4n) is 4.62. The van der Waals surface area contributed by atoms with Gasteiger partial charge in [0, 0.05) is 13.0 Å². The van der Waals surface area contributed by atoms with Crippen LogP contribution in [0.25, 0.3) is 0 Å². The van der Waals surface area contributed by atoms with Gasteiger partial charge in [0.25, 0.3) is 5.91 Å². The van der Waals surface area contributed by atoms with Crippen LogP contribution in [0.2, 0.25) is 5.02 Å². The molecule has 13 heteroatoms. The zero-order chi connectivity index (χ0) is 25.7. The molecular weight excluding hydrogens is 506 g/mol. The summed E-state index contributed by atoms with van der Waals surface area (Å²) in [7, 11) is 0. The van der Waals surface area contributed by atoms with E-state index in [2.05, 4.69) is 20.5 Å². The fraction of sp³-hybridized carbons (Fsp3) is 0.304. The van der Waals surface area contributed by atoms with Crippen LogP contribution in [0.1, 0.15) is 46.0 Å². The van der Waals surface area contributed by atoms with Crippen molar-refractivity contribution in [2.45, 2.75) is 31.0 Å². The molecule has 2 N–H and O–H groups in total. The SMILES string of the molecule is O=C1Nc2ccc(Cl)c(F)c2[C@@]2(CCCN(C(=O)c3nnc(Cc4cccc(C(F)(F)F)c4)[nH]3)C2)O1. The molecule has 188 valence electrons. The van der Waals surface area contributed by atoms with E-state index >= 15 is 4.39 Å². The summed E-state index contributed by atoms with van der Waals surface area (Å²) in [5.41, 5.74) is -1.62. The van der Waals surface area contributed by atoms with Crippen molar-refractivity contribution >= 4 is 29.3 Å². The molecule has 0 saturated carbocycles. The second kappa shape index (κ2) is 8.77. The van der Waals surface area contributed by atoms with Crippen LogP contribution in [-0.2, 0) is 22.9 Å². The first-order valence-corrected chi connectivity index (χ1v) is 11.3. The van der Waals surface area contributed by atoms with Gasteiger partial charge >= 0.3 is 12.3 Å². The van der Waals surface area contributed by atoms with Crippen molar-refractivity contribution < 1.29 is 31.9 Å². The van der Waals surface area contributed by atoms with Crippen LogP contribution >= 0.6 is 11.6 Å². The number of carbonyl (C=O) groups is 2. The van der Waals surface area contributed by atoms with Crippen molar-refractivity contribution in [2.75, 3.05) is 18.4 Å². The smallest absolute Gasteiger partial charge is 0.416 e. The first-order valence-electron chi connectivity index (χ1n) is 10.9. The van der Waals surface area contributed by atoms with Crippen molar-refractivity contribution in [3.63, 3.8) is 0 Å². The Kier molecular flexibility index (Phi) is 5.86. The monoisotopic (exact) mass is 523 g/mol. The lowest BCUT2D eigenvalue weighted by molar-refractivity contribution is -0.137. The number of hydrogen-bond acceptors (Lipinski definition) is 5. The Morgan fingerprint density at radius 3 is 2.81 bits per heavy atom. The zero-order valence-electron chi connectivity index (χ0n) is 18.5. The van der Waals surface area contributed by atoms with E-state index in [1.165, 1.54) is 29.2 Å². The van der Waals surface area contributed by atoms with E-state index in [0.717, 1.165) is 12.1 Å². The number of amides is 2. The minimum atomic E-state index is -4.48. The summed E-state index contributed by atoms with van der Waals surface area (Å²) >= 11 is 5.97. The number of anilines is 1.